The summed E-state index contributed by atoms with van der Waals surface area (Å²) in [6.07, 6.45) is 1.62. The van der Waals surface area contributed by atoms with Gasteiger partial charge in [-0.05, 0) is 41.6 Å². The molecule has 0 saturated heterocycles. The first-order chi connectivity index (χ1) is 6.11. The first kappa shape index (κ1) is 10.2. The Morgan fingerprint density at radius 1 is 1.77 bits per heavy atom. The minimum absolute atomic E-state index is 0.609. The van der Waals surface area contributed by atoms with Gasteiger partial charge in [-0.15, -0.1) is 0 Å². The fourth-order valence-electron chi connectivity index (χ4n) is 0.759. The average molecular weight is 292 g/mol. The van der Waals surface area contributed by atoms with Crippen molar-refractivity contribution in [2.75, 3.05) is 5.32 Å². The highest BCUT2D eigenvalue weighted by Crippen LogP contribution is 2.14. The zero-order valence-electron chi connectivity index (χ0n) is 6.99. The molecule has 0 bridgehead atoms. The topological polar surface area (TPSA) is 62.2 Å². The van der Waals surface area contributed by atoms with Crippen LogP contribution >= 0.6 is 22.6 Å². The van der Waals surface area contributed by atoms with Gasteiger partial charge in [0.05, 0.1) is 3.57 Å². The molecule has 0 aliphatic rings. The number of pyridine rings is 1. The van der Waals surface area contributed by atoms with Crippen molar-refractivity contribution in [2.24, 2.45) is 0 Å². The summed E-state index contributed by atoms with van der Waals surface area (Å²) in [6.45, 7) is 1.58. The van der Waals surface area contributed by atoms with Crippen LogP contribution in [0.1, 0.15) is 6.92 Å². The molecule has 0 amide bonds. The predicted octanol–water partition coefficient (Wildman–Crippen LogP) is 1.57. The van der Waals surface area contributed by atoms with Crippen LogP contribution in [0, 0.1) is 3.57 Å². The lowest BCUT2D eigenvalue weighted by Gasteiger charge is -2.10. The van der Waals surface area contributed by atoms with Crippen LogP contribution < -0.4 is 5.32 Å². The highest BCUT2D eigenvalue weighted by Gasteiger charge is 2.11. The molecular formula is C8H9IN2O2. The lowest BCUT2D eigenvalue weighted by Crippen LogP contribution is -2.26. The van der Waals surface area contributed by atoms with Crippen molar-refractivity contribution in [3.63, 3.8) is 0 Å². The molecule has 70 valence electrons. The highest BCUT2D eigenvalue weighted by molar-refractivity contribution is 14.1. The number of anilines is 1. The summed E-state index contributed by atoms with van der Waals surface area (Å²) in [5, 5.41) is 11.4. The third-order valence-electron chi connectivity index (χ3n) is 1.48. The molecule has 0 fully saturated rings. The number of hydrogen-bond donors (Lipinski definition) is 2. The van der Waals surface area contributed by atoms with Gasteiger partial charge < -0.3 is 10.4 Å². The van der Waals surface area contributed by atoms with Gasteiger partial charge in [0.25, 0.3) is 0 Å². The fourth-order valence-corrected chi connectivity index (χ4v) is 1.26. The Labute approximate surface area is 89.5 Å². The number of nitrogens with zero attached hydrogens (tertiary/aromatic N) is 1. The third-order valence-corrected chi connectivity index (χ3v) is 2.35. The van der Waals surface area contributed by atoms with E-state index in [2.05, 4.69) is 32.9 Å². The van der Waals surface area contributed by atoms with Crippen molar-refractivity contribution in [1.82, 2.24) is 4.98 Å². The Kier molecular flexibility index (Phi) is 3.47. The lowest BCUT2D eigenvalue weighted by atomic mass is 10.3. The van der Waals surface area contributed by atoms with E-state index in [9.17, 15) is 4.79 Å². The number of nitrogens with one attached hydrogen (secondary N) is 1. The van der Waals surface area contributed by atoms with Crippen LogP contribution in [-0.2, 0) is 4.79 Å². The van der Waals surface area contributed by atoms with Crippen molar-refractivity contribution in [2.45, 2.75) is 13.0 Å². The van der Waals surface area contributed by atoms with Crippen LogP contribution in [0.15, 0.2) is 18.3 Å². The van der Waals surface area contributed by atoms with Crippen LogP contribution in [0.3, 0.4) is 0 Å². The number of rotatable bonds is 3. The molecule has 1 aromatic rings. The van der Waals surface area contributed by atoms with Gasteiger partial charge >= 0.3 is 5.97 Å². The maximum Gasteiger partial charge on any atom is 0.325 e. The Bertz CT molecular complexity index is 317. The van der Waals surface area contributed by atoms with E-state index >= 15 is 0 Å². The summed E-state index contributed by atoms with van der Waals surface area (Å²) >= 11 is 2.10. The molecule has 0 radical (unpaired) electrons. The monoisotopic (exact) mass is 292 g/mol. The molecule has 0 aliphatic heterocycles. The van der Waals surface area contributed by atoms with E-state index in [1.54, 1.807) is 19.2 Å². The van der Waals surface area contributed by atoms with E-state index in [0.29, 0.717) is 5.82 Å². The van der Waals surface area contributed by atoms with Gasteiger partial charge in [-0.1, -0.05) is 0 Å². The summed E-state index contributed by atoms with van der Waals surface area (Å²) in [5.74, 6) is -0.278. The van der Waals surface area contributed by atoms with Gasteiger partial charge in [-0.3, -0.25) is 4.79 Å². The van der Waals surface area contributed by atoms with Crippen molar-refractivity contribution in [1.29, 1.82) is 0 Å². The van der Waals surface area contributed by atoms with E-state index in [0.717, 1.165) is 3.57 Å². The minimum atomic E-state index is -0.888. The maximum atomic E-state index is 10.5. The largest absolute Gasteiger partial charge is 0.480 e. The molecule has 13 heavy (non-hydrogen) atoms. The minimum Gasteiger partial charge on any atom is -0.480 e. The quantitative estimate of drug-likeness (QED) is 0.830. The molecule has 1 atom stereocenters. The molecule has 1 unspecified atom stereocenters. The predicted molar refractivity (Wildman–Crippen MR) is 57.7 cm³/mol. The molecule has 0 aromatic carbocycles. The molecule has 0 saturated carbocycles. The summed E-state index contributed by atoms with van der Waals surface area (Å²) in [6, 6.07) is 3.05. The Morgan fingerprint density at radius 3 is 3.00 bits per heavy atom. The van der Waals surface area contributed by atoms with Crippen LogP contribution in [0.2, 0.25) is 0 Å². The molecule has 0 spiro atoms. The number of aromatic nitrogens is 1. The maximum absolute atomic E-state index is 10.5. The van der Waals surface area contributed by atoms with Crippen LogP contribution in [0.25, 0.3) is 0 Å². The van der Waals surface area contributed by atoms with Gasteiger partial charge in [-0.25, -0.2) is 4.98 Å². The standard InChI is InChI=1S/C8H9IN2O2/c1-5(8(12)13)11-7-6(9)3-2-4-10-7/h2-5H,1H3,(H,10,11)(H,12,13). The molecule has 2 N–H and O–H groups in total. The molecule has 1 aromatic heterocycles. The van der Waals surface area contributed by atoms with Gasteiger partial charge in [0, 0.05) is 6.20 Å². The fraction of sp³-hybridized carbons (Fsp3) is 0.250. The summed E-state index contributed by atoms with van der Waals surface area (Å²) in [5.41, 5.74) is 0. The van der Waals surface area contributed by atoms with E-state index < -0.39 is 12.0 Å². The Hall–Kier alpha value is -0.850. The van der Waals surface area contributed by atoms with Crippen molar-refractivity contribution in [3.05, 3.63) is 21.9 Å². The van der Waals surface area contributed by atoms with Gasteiger partial charge in [0.1, 0.15) is 11.9 Å². The number of carboxylic acid groups (broad SMARTS) is 1. The number of halogens is 1. The van der Waals surface area contributed by atoms with E-state index in [-0.39, 0.29) is 0 Å². The smallest absolute Gasteiger partial charge is 0.325 e. The summed E-state index contributed by atoms with van der Waals surface area (Å²) < 4.78 is 0.910. The second kappa shape index (κ2) is 4.40. The zero-order valence-corrected chi connectivity index (χ0v) is 9.15. The van der Waals surface area contributed by atoms with E-state index in [1.165, 1.54) is 0 Å². The molecule has 0 aliphatic carbocycles. The zero-order chi connectivity index (χ0) is 9.84. The summed E-state index contributed by atoms with van der Waals surface area (Å²) in [7, 11) is 0. The van der Waals surface area contributed by atoms with Crippen LogP contribution in [0.5, 0.6) is 0 Å². The third kappa shape index (κ3) is 2.83. The number of carboxylic acids is 1. The molecule has 1 rings (SSSR count). The average Bonchev–Trinajstić information content (AvgIpc) is 2.08. The van der Waals surface area contributed by atoms with Gasteiger partial charge in [0.15, 0.2) is 0 Å². The Balaban J connectivity index is 2.74. The van der Waals surface area contributed by atoms with E-state index in [4.69, 9.17) is 5.11 Å². The molecule has 5 heteroatoms. The van der Waals surface area contributed by atoms with Crippen LogP contribution in [-0.4, -0.2) is 22.1 Å². The number of carbonyl (C=O) groups is 1. The first-order valence-corrected chi connectivity index (χ1v) is 4.79. The molecular weight excluding hydrogens is 283 g/mol. The lowest BCUT2D eigenvalue weighted by molar-refractivity contribution is -0.137. The van der Waals surface area contributed by atoms with Crippen molar-refractivity contribution in [3.8, 4) is 0 Å². The van der Waals surface area contributed by atoms with E-state index in [1.807, 2.05) is 6.07 Å². The molecule has 4 nitrogen and oxygen atoms in total. The van der Waals surface area contributed by atoms with Gasteiger partial charge in [0.2, 0.25) is 0 Å². The SMILES string of the molecule is CC(Nc1ncccc1I)C(=O)O. The van der Waals surface area contributed by atoms with Crippen LogP contribution in [0.4, 0.5) is 5.82 Å². The van der Waals surface area contributed by atoms with Gasteiger partial charge in [-0.2, -0.15) is 0 Å². The molecule has 1 heterocycles. The van der Waals surface area contributed by atoms with Crippen molar-refractivity contribution < 1.29 is 9.90 Å². The number of hydrogen-bond acceptors (Lipinski definition) is 3. The van der Waals surface area contributed by atoms with Crippen molar-refractivity contribution >= 4 is 34.4 Å². The Morgan fingerprint density at radius 2 is 2.46 bits per heavy atom. The normalized spacial score (nSPS) is 12.2. The first-order valence-electron chi connectivity index (χ1n) is 3.71. The summed E-state index contributed by atoms with van der Waals surface area (Å²) in [4.78, 5) is 14.5. The number of aliphatic carboxylic acids is 1. The second-order valence-corrected chi connectivity index (χ2v) is 3.70. The second-order valence-electron chi connectivity index (χ2n) is 2.54. The highest BCUT2D eigenvalue weighted by atomic mass is 127.